The highest BCUT2D eigenvalue weighted by Crippen LogP contribution is 2.30. The van der Waals surface area contributed by atoms with Gasteiger partial charge in [-0.15, -0.1) is 0 Å². The summed E-state index contributed by atoms with van der Waals surface area (Å²) in [6.45, 7) is 3.45. The van der Waals surface area contributed by atoms with Crippen LogP contribution in [0.25, 0.3) is 0 Å². The molecule has 3 rings (SSSR count). The molecule has 1 saturated carbocycles. The zero-order valence-corrected chi connectivity index (χ0v) is 16.2. The van der Waals surface area contributed by atoms with E-state index in [1.165, 1.54) is 6.07 Å². The number of benzene rings is 2. The summed E-state index contributed by atoms with van der Waals surface area (Å²) in [6.07, 6.45) is 1.90. The van der Waals surface area contributed by atoms with Crippen LogP contribution < -0.4 is 10.0 Å². The highest BCUT2D eigenvalue weighted by atomic mass is 35.5. The molecule has 5 nitrogen and oxygen atoms in total. The Labute approximate surface area is 158 Å². The lowest BCUT2D eigenvalue weighted by Gasteiger charge is -2.17. The number of hydrogen-bond donors (Lipinski definition) is 2. The first-order valence-electron chi connectivity index (χ1n) is 8.46. The van der Waals surface area contributed by atoms with Crippen LogP contribution in [0.3, 0.4) is 0 Å². The van der Waals surface area contributed by atoms with Gasteiger partial charge in [0.2, 0.25) is 15.9 Å². The summed E-state index contributed by atoms with van der Waals surface area (Å²) in [7, 11) is -3.70. The van der Waals surface area contributed by atoms with E-state index >= 15 is 0 Å². The van der Waals surface area contributed by atoms with Gasteiger partial charge in [-0.2, -0.15) is 0 Å². The highest BCUT2D eigenvalue weighted by molar-refractivity contribution is 7.89. The van der Waals surface area contributed by atoms with Crippen molar-refractivity contribution < 1.29 is 13.2 Å². The van der Waals surface area contributed by atoms with Gasteiger partial charge < -0.3 is 5.32 Å². The number of carbonyl (C=O) groups excluding carboxylic acids is 1. The molecular weight excluding hydrogens is 372 g/mol. The number of carbonyl (C=O) groups is 1. The fourth-order valence-corrected chi connectivity index (χ4v) is 4.42. The van der Waals surface area contributed by atoms with E-state index in [1.807, 2.05) is 0 Å². The quantitative estimate of drug-likeness (QED) is 0.779. The second kappa shape index (κ2) is 7.39. The Morgan fingerprint density at radius 2 is 1.81 bits per heavy atom. The van der Waals surface area contributed by atoms with Crippen molar-refractivity contribution in [1.82, 2.24) is 4.72 Å². The summed E-state index contributed by atoms with van der Waals surface area (Å²) >= 11 is 6.03. The molecule has 0 aliphatic heterocycles. The van der Waals surface area contributed by atoms with E-state index in [0.29, 0.717) is 16.3 Å². The molecule has 0 spiro atoms. The summed E-state index contributed by atoms with van der Waals surface area (Å²) < 4.78 is 28.0. The summed E-state index contributed by atoms with van der Waals surface area (Å²) in [4.78, 5) is 12.0. The second-order valence-corrected chi connectivity index (χ2v) is 8.68. The predicted molar refractivity (Wildman–Crippen MR) is 103 cm³/mol. The van der Waals surface area contributed by atoms with Crippen molar-refractivity contribution in [3.8, 4) is 0 Å². The van der Waals surface area contributed by atoms with Gasteiger partial charge in [-0.1, -0.05) is 29.8 Å². The molecule has 1 fully saturated rings. The number of amides is 1. The monoisotopic (exact) mass is 392 g/mol. The average Bonchev–Trinajstić information content (AvgIpc) is 3.42. The number of anilines is 1. The summed E-state index contributed by atoms with van der Waals surface area (Å²) in [5.74, 6) is 0.185. The van der Waals surface area contributed by atoms with Gasteiger partial charge in [-0.25, -0.2) is 13.1 Å². The molecule has 1 atom stereocenters. The van der Waals surface area contributed by atoms with Crippen molar-refractivity contribution in [2.24, 2.45) is 5.92 Å². The third-order valence-electron chi connectivity index (χ3n) is 4.47. The van der Waals surface area contributed by atoms with Crippen molar-refractivity contribution in [3.05, 3.63) is 58.6 Å². The Hall–Kier alpha value is -1.89. The number of nitrogens with one attached hydrogen (secondary N) is 2. The first-order chi connectivity index (χ1) is 12.3. The number of hydrogen-bond acceptors (Lipinski definition) is 3. The maximum absolute atomic E-state index is 12.7. The summed E-state index contributed by atoms with van der Waals surface area (Å²) in [5, 5.41) is 3.28. The zero-order chi connectivity index (χ0) is 18.9. The molecule has 0 heterocycles. The summed E-state index contributed by atoms with van der Waals surface area (Å²) in [6, 6.07) is 11.6. The SMILES string of the molecule is Cc1c(Cl)cccc1S(=O)(=O)NC(C)c1ccc(NC(=O)C2CC2)cc1. The largest absolute Gasteiger partial charge is 0.326 e. The van der Waals surface area contributed by atoms with Crippen LogP contribution in [0.5, 0.6) is 0 Å². The highest BCUT2D eigenvalue weighted by Gasteiger charge is 2.29. The fourth-order valence-electron chi connectivity index (χ4n) is 2.69. The predicted octanol–water partition coefficient (Wildman–Crippen LogP) is 4.04. The van der Waals surface area contributed by atoms with Crippen molar-refractivity contribution in [2.45, 2.75) is 37.6 Å². The van der Waals surface area contributed by atoms with E-state index in [4.69, 9.17) is 11.6 Å². The van der Waals surface area contributed by atoms with Crippen LogP contribution in [0.1, 0.15) is 36.9 Å². The van der Waals surface area contributed by atoms with E-state index in [2.05, 4.69) is 10.0 Å². The number of rotatable bonds is 6. The molecule has 1 unspecified atom stereocenters. The van der Waals surface area contributed by atoms with Crippen LogP contribution in [0, 0.1) is 12.8 Å². The maximum atomic E-state index is 12.7. The molecule has 26 heavy (non-hydrogen) atoms. The normalized spacial score (nSPS) is 15.5. The van der Waals surface area contributed by atoms with Crippen molar-refractivity contribution in [3.63, 3.8) is 0 Å². The van der Waals surface area contributed by atoms with E-state index in [0.717, 1.165) is 18.4 Å². The minimum Gasteiger partial charge on any atom is -0.326 e. The van der Waals surface area contributed by atoms with Crippen LogP contribution >= 0.6 is 11.6 Å². The molecule has 1 amide bonds. The van der Waals surface area contributed by atoms with Crippen molar-refractivity contribution in [1.29, 1.82) is 0 Å². The fraction of sp³-hybridized carbons (Fsp3) is 0.316. The molecular formula is C19H21ClN2O3S. The molecule has 1 aliphatic carbocycles. The number of sulfonamides is 1. The zero-order valence-electron chi connectivity index (χ0n) is 14.6. The van der Waals surface area contributed by atoms with Gasteiger partial charge in [-0.3, -0.25) is 4.79 Å². The van der Waals surface area contributed by atoms with Crippen molar-refractivity contribution in [2.75, 3.05) is 5.32 Å². The smallest absolute Gasteiger partial charge is 0.241 e. The third-order valence-corrected chi connectivity index (χ3v) is 6.56. The van der Waals surface area contributed by atoms with Crippen LogP contribution in [0.4, 0.5) is 5.69 Å². The van der Waals surface area contributed by atoms with Crippen LogP contribution in [-0.2, 0) is 14.8 Å². The Morgan fingerprint density at radius 1 is 1.15 bits per heavy atom. The Kier molecular flexibility index (Phi) is 5.37. The first kappa shape index (κ1) is 18.9. The average molecular weight is 393 g/mol. The molecule has 0 saturated heterocycles. The third kappa shape index (κ3) is 4.26. The van der Waals surface area contributed by atoms with Gasteiger partial charge in [0, 0.05) is 22.7 Å². The first-order valence-corrected chi connectivity index (χ1v) is 10.3. The molecule has 7 heteroatoms. The van der Waals surface area contributed by atoms with E-state index in [1.54, 1.807) is 50.2 Å². The second-order valence-electron chi connectivity index (χ2n) is 6.59. The topological polar surface area (TPSA) is 75.3 Å². The molecule has 2 aromatic carbocycles. The lowest BCUT2D eigenvalue weighted by atomic mass is 10.1. The lowest BCUT2D eigenvalue weighted by Crippen LogP contribution is -2.27. The van der Waals surface area contributed by atoms with E-state index in [-0.39, 0.29) is 16.7 Å². The Bertz CT molecular complexity index is 922. The van der Waals surface area contributed by atoms with Gasteiger partial charge >= 0.3 is 0 Å². The molecule has 0 aromatic heterocycles. The van der Waals surface area contributed by atoms with Gasteiger partial charge in [-0.05, 0) is 62.1 Å². The molecule has 138 valence electrons. The molecule has 0 bridgehead atoms. The summed E-state index contributed by atoms with van der Waals surface area (Å²) in [5.41, 5.74) is 2.04. The minimum absolute atomic E-state index is 0.0444. The van der Waals surface area contributed by atoms with Gasteiger partial charge in [0.05, 0.1) is 4.90 Å². The Morgan fingerprint density at radius 3 is 2.42 bits per heavy atom. The van der Waals surface area contributed by atoms with Gasteiger partial charge in [0.1, 0.15) is 0 Å². The molecule has 0 radical (unpaired) electrons. The van der Waals surface area contributed by atoms with E-state index in [9.17, 15) is 13.2 Å². The van der Waals surface area contributed by atoms with Crippen molar-refractivity contribution >= 4 is 33.2 Å². The maximum Gasteiger partial charge on any atom is 0.241 e. The lowest BCUT2D eigenvalue weighted by molar-refractivity contribution is -0.117. The van der Waals surface area contributed by atoms with Crippen LogP contribution in [-0.4, -0.2) is 14.3 Å². The Balaban J connectivity index is 1.71. The van der Waals surface area contributed by atoms with E-state index < -0.39 is 16.1 Å². The van der Waals surface area contributed by atoms with Gasteiger partial charge in [0.25, 0.3) is 0 Å². The molecule has 2 aromatic rings. The minimum atomic E-state index is -3.70. The molecule has 2 N–H and O–H groups in total. The standard InChI is InChI=1S/C19H21ClN2O3S/c1-12-17(20)4-3-5-18(12)26(24,25)22-13(2)14-8-10-16(11-9-14)21-19(23)15-6-7-15/h3-5,8-11,13,15,22H,6-7H2,1-2H3,(H,21,23). The number of halogens is 1. The van der Waals surface area contributed by atoms with Crippen LogP contribution in [0.15, 0.2) is 47.4 Å². The molecule has 1 aliphatic rings. The van der Waals surface area contributed by atoms with Crippen LogP contribution in [0.2, 0.25) is 5.02 Å². The van der Waals surface area contributed by atoms with Gasteiger partial charge in [0.15, 0.2) is 0 Å².